The first-order chi connectivity index (χ1) is 18.4. The van der Waals surface area contributed by atoms with Gasteiger partial charge in [0.1, 0.15) is 37.2 Å². The van der Waals surface area contributed by atoms with Gasteiger partial charge in [-0.1, -0.05) is 17.4 Å². The fourth-order valence-corrected chi connectivity index (χ4v) is 5.98. The van der Waals surface area contributed by atoms with Crippen molar-refractivity contribution in [2.45, 2.75) is 20.8 Å². The van der Waals surface area contributed by atoms with Crippen molar-refractivity contribution in [3.63, 3.8) is 0 Å². The fourth-order valence-electron chi connectivity index (χ4n) is 3.90. The summed E-state index contributed by atoms with van der Waals surface area (Å²) in [6, 6.07) is 19.2. The summed E-state index contributed by atoms with van der Waals surface area (Å²) in [5.74, 6) is 1.89. The van der Waals surface area contributed by atoms with E-state index in [4.69, 9.17) is 19.4 Å². The molecule has 0 fully saturated rings. The molecule has 0 aliphatic carbocycles. The average molecular weight is 543 g/mol. The molecule has 0 N–H and O–H groups in total. The van der Waals surface area contributed by atoms with E-state index >= 15 is 0 Å². The van der Waals surface area contributed by atoms with Gasteiger partial charge < -0.3 is 9.47 Å². The van der Waals surface area contributed by atoms with Crippen LogP contribution in [0, 0.1) is 20.8 Å². The van der Waals surface area contributed by atoms with E-state index in [1.54, 1.807) is 25.3 Å². The van der Waals surface area contributed by atoms with E-state index in [0.717, 1.165) is 48.9 Å². The minimum atomic E-state index is -0.191. The van der Waals surface area contributed by atoms with Crippen LogP contribution in [0.2, 0.25) is 0 Å². The lowest BCUT2D eigenvalue weighted by Gasteiger charge is -2.20. The highest BCUT2D eigenvalue weighted by Crippen LogP contribution is 2.40. The lowest BCUT2D eigenvalue weighted by Crippen LogP contribution is -2.26. The summed E-state index contributed by atoms with van der Waals surface area (Å²) in [6.07, 6.45) is 1.76. The topological polar surface area (TPSA) is 77.4 Å². The van der Waals surface area contributed by atoms with Gasteiger partial charge in [0, 0.05) is 17.3 Å². The maximum atomic E-state index is 14.2. The van der Waals surface area contributed by atoms with Crippen LogP contribution < -0.4 is 14.4 Å². The van der Waals surface area contributed by atoms with E-state index in [0.29, 0.717) is 16.4 Å². The number of aromatic nitrogens is 3. The standard InChI is InChI=1S/C29H26N4O3S2/c1-17-6-15-24(30-16-17)33(29-19(3)32-27(38-29)21-9-13-23(36-5)14-10-21)28(34)25-18(2)31-26(37-25)20-7-11-22(35-4)12-8-20/h6-16H,1-5H3. The predicted octanol–water partition coefficient (Wildman–Crippen LogP) is 7.25. The Bertz CT molecular complexity index is 1570. The molecule has 2 aromatic carbocycles. The first-order valence-electron chi connectivity index (χ1n) is 11.9. The van der Waals surface area contributed by atoms with Crippen molar-refractivity contribution in [2.75, 3.05) is 19.1 Å². The molecule has 38 heavy (non-hydrogen) atoms. The fraction of sp³-hybridized carbons (Fsp3) is 0.172. The number of hydrogen-bond donors (Lipinski definition) is 0. The number of nitrogens with zero attached hydrogens (tertiary/aromatic N) is 4. The number of carbonyl (C=O) groups excluding carboxylic acids is 1. The highest BCUT2D eigenvalue weighted by Gasteiger charge is 2.29. The Morgan fingerprint density at radius 2 is 1.29 bits per heavy atom. The molecule has 1 amide bonds. The van der Waals surface area contributed by atoms with Gasteiger partial charge in [0.05, 0.1) is 25.6 Å². The Morgan fingerprint density at radius 1 is 0.737 bits per heavy atom. The third-order valence-electron chi connectivity index (χ3n) is 5.97. The van der Waals surface area contributed by atoms with Gasteiger partial charge in [0.15, 0.2) is 0 Å². The Balaban J connectivity index is 1.57. The van der Waals surface area contributed by atoms with Gasteiger partial charge in [-0.15, -0.1) is 11.3 Å². The third-order valence-corrected chi connectivity index (χ3v) is 8.35. The molecule has 0 radical (unpaired) electrons. The van der Waals surface area contributed by atoms with Crippen LogP contribution in [0.3, 0.4) is 0 Å². The maximum Gasteiger partial charge on any atom is 0.276 e. The lowest BCUT2D eigenvalue weighted by atomic mass is 10.2. The van der Waals surface area contributed by atoms with Crippen LogP contribution in [0.25, 0.3) is 21.1 Å². The van der Waals surface area contributed by atoms with E-state index in [1.807, 2.05) is 81.4 Å². The molecular formula is C29H26N4O3S2. The van der Waals surface area contributed by atoms with Gasteiger partial charge in [-0.25, -0.2) is 19.9 Å². The number of anilines is 2. The van der Waals surface area contributed by atoms with Gasteiger partial charge in [0.25, 0.3) is 5.91 Å². The number of methoxy groups -OCH3 is 2. The number of amides is 1. The Labute approximate surface area is 229 Å². The van der Waals surface area contributed by atoms with E-state index < -0.39 is 0 Å². The molecule has 5 aromatic rings. The van der Waals surface area contributed by atoms with Crippen LogP contribution in [-0.4, -0.2) is 35.1 Å². The van der Waals surface area contributed by atoms with Crippen molar-refractivity contribution in [2.24, 2.45) is 0 Å². The Kier molecular flexibility index (Phi) is 7.22. The molecule has 0 saturated heterocycles. The van der Waals surface area contributed by atoms with E-state index in [2.05, 4.69) is 4.98 Å². The summed E-state index contributed by atoms with van der Waals surface area (Å²) in [5.41, 5.74) is 4.30. The largest absolute Gasteiger partial charge is 0.497 e. The number of ether oxygens (including phenoxy) is 2. The van der Waals surface area contributed by atoms with Crippen molar-refractivity contribution in [3.8, 4) is 32.6 Å². The Morgan fingerprint density at radius 3 is 1.82 bits per heavy atom. The van der Waals surface area contributed by atoms with E-state index in [-0.39, 0.29) is 5.91 Å². The van der Waals surface area contributed by atoms with Crippen molar-refractivity contribution in [3.05, 3.63) is 88.7 Å². The zero-order valence-electron chi connectivity index (χ0n) is 21.7. The molecular weight excluding hydrogens is 516 g/mol. The second kappa shape index (κ2) is 10.7. The lowest BCUT2D eigenvalue weighted by molar-refractivity contribution is 0.100. The van der Waals surface area contributed by atoms with Gasteiger partial charge in [-0.05, 0) is 80.9 Å². The molecule has 0 atom stereocenters. The summed E-state index contributed by atoms with van der Waals surface area (Å²) in [7, 11) is 3.27. The minimum Gasteiger partial charge on any atom is -0.497 e. The number of benzene rings is 2. The monoisotopic (exact) mass is 542 g/mol. The van der Waals surface area contributed by atoms with Crippen LogP contribution in [0.4, 0.5) is 10.8 Å². The van der Waals surface area contributed by atoms with Crippen molar-refractivity contribution < 1.29 is 14.3 Å². The number of pyridine rings is 1. The molecule has 0 aliphatic heterocycles. The van der Waals surface area contributed by atoms with Crippen LogP contribution in [0.5, 0.6) is 11.5 Å². The molecule has 3 aromatic heterocycles. The molecule has 5 rings (SSSR count). The van der Waals surface area contributed by atoms with Gasteiger partial charge in [-0.2, -0.15) is 0 Å². The molecule has 7 nitrogen and oxygen atoms in total. The average Bonchev–Trinajstić information content (AvgIpc) is 3.52. The highest BCUT2D eigenvalue weighted by atomic mass is 32.1. The molecule has 0 saturated carbocycles. The number of rotatable bonds is 7. The van der Waals surface area contributed by atoms with Crippen molar-refractivity contribution >= 4 is 39.4 Å². The van der Waals surface area contributed by atoms with Gasteiger partial charge >= 0.3 is 0 Å². The summed E-state index contributed by atoms with van der Waals surface area (Å²) in [6.45, 7) is 5.74. The summed E-state index contributed by atoms with van der Waals surface area (Å²) in [5, 5.41) is 2.30. The first-order valence-corrected chi connectivity index (χ1v) is 13.5. The van der Waals surface area contributed by atoms with E-state index in [1.165, 1.54) is 22.7 Å². The minimum absolute atomic E-state index is 0.191. The third kappa shape index (κ3) is 5.03. The van der Waals surface area contributed by atoms with Crippen LogP contribution in [-0.2, 0) is 0 Å². The van der Waals surface area contributed by atoms with E-state index in [9.17, 15) is 4.79 Å². The predicted molar refractivity (Wildman–Crippen MR) is 153 cm³/mol. The quantitative estimate of drug-likeness (QED) is 0.216. The Hall–Kier alpha value is -4.08. The second-order valence-corrected chi connectivity index (χ2v) is 10.6. The zero-order valence-corrected chi connectivity index (χ0v) is 23.3. The number of aryl methyl sites for hydroxylation is 3. The van der Waals surface area contributed by atoms with Crippen LogP contribution >= 0.6 is 22.7 Å². The highest BCUT2D eigenvalue weighted by molar-refractivity contribution is 7.20. The first kappa shape index (κ1) is 25.6. The smallest absolute Gasteiger partial charge is 0.276 e. The molecule has 3 heterocycles. The second-order valence-electron chi connectivity index (χ2n) is 8.63. The molecule has 0 bridgehead atoms. The number of hydrogen-bond acceptors (Lipinski definition) is 8. The molecule has 0 aliphatic rings. The molecule has 192 valence electrons. The van der Waals surface area contributed by atoms with Gasteiger partial charge in [0.2, 0.25) is 0 Å². The molecule has 0 unspecified atom stereocenters. The maximum absolute atomic E-state index is 14.2. The number of carbonyl (C=O) groups is 1. The van der Waals surface area contributed by atoms with Crippen molar-refractivity contribution in [1.82, 2.24) is 15.0 Å². The summed E-state index contributed by atoms with van der Waals surface area (Å²) in [4.78, 5) is 30.5. The van der Waals surface area contributed by atoms with Gasteiger partial charge in [-0.3, -0.25) is 4.79 Å². The molecule has 0 spiro atoms. The summed E-state index contributed by atoms with van der Waals surface area (Å²) >= 11 is 2.82. The zero-order chi connectivity index (χ0) is 26.8. The normalized spacial score (nSPS) is 10.9. The summed E-state index contributed by atoms with van der Waals surface area (Å²) < 4.78 is 10.6. The molecule has 9 heteroatoms. The number of thiazole rings is 2. The van der Waals surface area contributed by atoms with Crippen LogP contribution in [0.15, 0.2) is 66.9 Å². The van der Waals surface area contributed by atoms with Crippen LogP contribution in [0.1, 0.15) is 26.6 Å². The van der Waals surface area contributed by atoms with Crippen molar-refractivity contribution in [1.29, 1.82) is 0 Å². The SMILES string of the molecule is COc1ccc(-c2nc(C)c(C(=O)N(c3ccc(C)cn3)c3sc(-c4ccc(OC)cc4)nc3C)s2)cc1.